The van der Waals surface area contributed by atoms with Crippen molar-refractivity contribution in [3.8, 4) is 0 Å². The van der Waals surface area contributed by atoms with Crippen LogP contribution in [0.15, 0.2) is 56.5 Å². The van der Waals surface area contributed by atoms with E-state index in [2.05, 4.69) is 71.6 Å². The fourth-order valence-electron chi connectivity index (χ4n) is 1.98. The first-order chi connectivity index (χ1) is 11.0. The summed E-state index contributed by atoms with van der Waals surface area (Å²) in [4.78, 5) is 12.2. The Bertz CT molecular complexity index is 922. The second-order valence-corrected chi connectivity index (χ2v) is 7.88. The maximum Gasteiger partial charge on any atom is 0.307 e. The minimum atomic E-state index is -0.379. The SMILES string of the molecule is O=C(N/N=C\c1ccccc1I)c1cc2cc(Br)cc(I)c2o1. The highest BCUT2D eigenvalue weighted by molar-refractivity contribution is 14.1. The van der Waals surface area contributed by atoms with Crippen LogP contribution in [-0.4, -0.2) is 12.1 Å². The largest absolute Gasteiger partial charge is 0.450 e. The van der Waals surface area contributed by atoms with Crippen molar-refractivity contribution in [3.05, 3.63) is 65.4 Å². The molecule has 0 aliphatic rings. The van der Waals surface area contributed by atoms with Crippen LogP contribution in [0.1, 0.15) is 16.1 Å². The van der Waals surface area contributed by atoms with Gasteiger partial charge in [0.25, 0.3) is 0 Å². The smallest absolute Gasteiger partial charge is 0.307 e. The number of hydrogen-bond donors (Lipinski definition) is 1. The summed E-state index contributed by atoms with van der Waals surface area (Å²) in [5.74, 6) is -0.147. The molecule has 1 N–H and O–H groups in total. The number of hydrazone groups is 1. The number of carbonyl (C=O) groups excluding carboxylic acids is 1. The number of nitrogens with one attached hydrogen (secondary N) is 1. The van der Waals surface area contributed by atoms with Crippen molar-refractivity contribution in [2.75, 3.05) is 0 Å². The van der Waals surface area contributed by atoms with Crippen molar-refractivity contribution in [2.24, 2.45) is 5.10 Å². The van der Waals surface area contributed by atoms with E-state index >= 15 is 0 Å². The summed E-state index contributed by atoms with van der Waals surface area (Å²) in [6, 6.07) is 13.3. The van der Waals surface area contributed by atoms with Gasteiger partial charge in [0.15, 0.2) is 5.76 Å². The van der Waals surface area contributed by atoms with E-state index in [1.54, 1.807) is 12.3 Å². The molecule has 0 fully saturated rings. The number of furan rings is 1. The summed E-state index contributed by atoms with van der Waals surface area (Å²) in [5, 5.41) is 4.86. The Morgan fingerprint density at radius 1 is 1.17 bits per heavy atom. The average molecular weight is 595 g/mol. The van der Waals surface area contributed by atoms with Crippen LogP contribution in [0.25, 0.3) is 11.0 Å². The highest BCUT2D eigenvalue weighted by atomic mass is 127. The molecule has 0 spiro atoms. The van der Waals surface area contributed by atoms with Gasteiger partial charge in [-0.15, -0.1) is 0 Å². The quantitative estimate of drug-likeness (QED) is 0.259. The van der Waals surface area contributed by atoms with Gasteiger partial charge in [0, 0.05) is 19.0 Å². The second kappa shape index (κ2) is 7.31. The molecule has 1 heterocycles. The van der Waals surface area contributed by atoms with Crippen LogP contribution in [0.5, 0.6) is 0 Å². The average Bonchev–Trinajstić information content (AvgIpc) is 2.93. The van der Waals surface area contributed by atoms with E-state index in [-0.39, 0.29) is 11.7 Å². The Balaban J connectivity index is 1.79. The van der Waals surface area contributed by atoms with Crippen LogP contribution in [0, 0.1) is 7.14 Å². The molecule has 0 saturated carbocycles. The molecule has 0 bridgehead atoms. The predicted octanol–water partition coefficient (Wildman–Crippen LogP) is 5.17. The molecule has 7 heteroatoms. The van der Waals surface area contributed by atoms with E-state index < -0.39 is 0 Å². The summed E-state index contributed by atoms with van der Waals surface area (Å²) < 4.78 is 8.57. The molecule has 0 saturated heterocycles. The maximum atomic E-state index is 12.2. The van der Waals surface area contributed by atoms with E-state index in [4.69, 9.17) is 4.42 Å². The van der Waals surface area contributed by atoms with Crippen molar-refractivity contribution in [1.82, 2.24) is 5.43 Å². The van der Waals surface area contributed by atoms with Gasteiger partial charge in [0.1, 0.15) is 5.58 Å². The lowest BCUT2D eigenvalue weighted by Crippen LogP contribution is -2.16. The van der Waals surface area contributed by atoms with Crippen molar-refractivity contribution >= 4 is 84.2 Å². The fourth-order valence-corrected chi connectivity index (χ4v) is 4.17. The van der Waals surface area contributed by atoms with E-state index in [0.717, 1.165) is 22.6 Å². The van der Waals surface area contributed by atoms with Gasteiger partial charge in [-0.05, 0) is 69.4 Å². The summed E-state index contributed by atoms with van der Waals surface area (Å²) in [6.45, 7) is 0. The zero-order chi connectivity index (χ0) is 16.4. The molecule has 0 unspecified atom stereocenters. The van der Waals surface area contributed by atoms with Crippen LogP contribution in [0.4, 0.5) is 0 Å². The van der Waals surface area contributed by atoms with Gasteiger partial charge in [0.2, 0.25) is 0 Å². The molecule has 0 aliphatic carbocycles. The molecule has 0 radical (unpaired) electrons. The Labute approximate surface area is 168 Å². The lowest BCUT2D eigenvalue weighted by Gasteiger charge is -1.97. The first-order valence-corrected chi connectivity index (χ1v) is 9.46. The molecule has 1 aromatic heterocycles. The maximum absolute atomic E-state index is 12.2. The minimum Gasteiger partial charge on any atom is -0.450 e. The lowest BCUT2D eigenvalue weighted by molar-refractivity contribution is 0.0929. The normalized spacial score (nSPS) is 11.3. The number of benzene rings is 2. The Kier molecular flexibility index (Phi) is 5.37. The third kappa shape index (κ3) is 3.94. The Hall–Kier alpha value is -0.940. The number of hydrogen-bond acceptors (Lipinski definition) is 3. The summed E-state index contributed by atoms with van der Waals surface area (Å²) >= 11 is 7.82. The molecule has 4 nitrogen and oxygen atoms in total. The first kappa shape index (κ1) is 16.9. The summed E-state index contributed by atoms with van der Waals surface area (Å²) in [6.07, 6.45) is 1.61. The number of amides is 1. The number of fused-ring (bicyclic) bond motifs is 1. The molecular formula is C16H9BrI2N2O2. The van der Waals surface area contributed by atoms with Gasteiger partial charge < -0.3 is 4.42 Å². The van der Waals surface area contributed by atoms with Crippen LogP contribution in [0.3, 0.4) is 0 Å². The van der Waals surface area contributed by atoms with E-state index in [9.17, 15) is 4.79 Å². The van der Waals surface area contributed by atoms with Gasteiger partial charge in [-0.3, -0.25) is 4.79 Å². The van der Waals surface area contributed by atoms with E-state index in [0.29, 0.717) is 5.58 Å². The first-order valence-electron chi connectivity index (χ1n) is 6.51. The van der Waals surface area contributed by atoms with Gasteiger partial charge in [-0.25, -0.2) is 5.43 Å². The molecule has 3 aromatic rings. The van der Waals surface area contributed by atoms with Crippen molar-refractivity contribution in [1.29, 1.82) is 0 Å². The lowest BCUT2D eigenvalue weighted by atomic mass is 10.2. The van der Waals surface area contributed by atoms with Crippen LogP contribution >= 0.6 is 61.1 Å². The number of halogens is 3. The molecule has 0 atom stereocenters. The zero-order valence-electron chi connectivity index (χ0n) is 11.5. The standard InChI is InChI=1S/C16H9BrI2N2O2/c17-11-5-10-6-14(23-15(10)13(19)7-11)16(22)21-20-8-9-3-1-2-4-12(9)18/h1-8H,(H,21,22)/b20-8-. The topological polar surface area (TPSA) is 54.6 Å². The summed E-state index contributed by atoms with van der Waals surface area (Å²) in [5.41, 5.74) is 4.13. The van der Waals surface area contributed by atoms with Crippen molar-refractivity contribution in [2.45, 2.75) is 0 Å². The number of carbonyl (C=O) groups is 1. The zero-order valence-corrected chi connectivity index (χ0v) is 17.4. The van der Waals surface area contributed by atoms with Gasteiger partial charge >= 0.3 is 5.91 Å². The van der Waals surface area contributed by atoms with Crippen LogP contribution in [0.2, 0.25) is 0 Å². The highest BCUT2D eigenvalue weighted by Crippen LogP contribution is 2.28. The highest BCUT2D eigenvalue weighted by Gasteiger charge is 2.14. The van der Waals surface area contributed by atoms with Crippen LogP contribution < -0.4 is 5.43 Å². The molecule has 23 heavy (non-hydrogen) atoms. The third-order valence-electron chi connectivity index (χ3n) is 3.03. The van der Waals surface area contributed by atoms with Crippen molar-refractivity contribution in [3.63, 3.8) is 0 Å². The molecule has 1 amide bonds. The Morgan fingerprint density at radius 2 is 1.96 bits per heavy atom. The molecule has 0 aliphatic heterocycles. The molecule has 116 valence electrons. The predicted molar refractivity (Wildman–Crippen MR) is 111 cm³/mol. The Morgan fingerprint density at radius 3 is 2.74 bits per heavy atom. The van der Waals surface area contributed by atoms with E-state index in [1.807, 2.05) is 36.4 Å². The van der Waals surface area contributed by atoms with Gasteiger partial charge in [0.05, 0.1) is 9.78 Å². The summed E-state index contributed by atoms with van der Waals surface area (Å²) in [7, 11) is 0. The molecule has 2 aromatic carbocycles. The van der Waals surface area contributed by atoms with Gasteiger partial charge in [-0.1, -0.05) is 34.1 Å². The third-order valence-corrected chi connectivity index (χ3v) is 5.28. The minimum absolute atomic E-state index is 0.232. The van der Waals surface area contributed by atoms with Crippen molar-refractivity contribution < 1.29 is 9.21 Å². The molecule has 3 rings (SSSR count). The fraction of sp³-hybridized carbons (Fsp3) is 0. The number of rotatable bonds is 3. The van der Waals surface area contributed by atoms with E-state index in [1.165, 1.54) is 0 Å². The second-order valence-electron chi connectivity index (χ2n) is 4.64. The monoisotopic (exact) mass is 594 g/mol. The van der Waals surface area contributed by atoms with Crippen LogP contribution in [-0.2, 0) is 0 Å². The van der Waals surface area contributed by atoms with Gasteiger partial charge in [-0.2, -0.15) is 5.10 Å². The molecular weight excluding hydrogens is 586 g/mol. The number of nitrogens with zero attached hydrogens (tertiary/aromatic N) is 1.